The number of benzene rings is 1. The van der Waals surface area contributed by atoms with Gasteiger partial charge in [0.2, 0.25) is 5.95 Å². The van der Waals surface area contributed by atoms with Crippen molar-refractivity contribution in [1.82, 2.24) is 24.8 Å². The molecule has 34 heavy (non-hydrogen) atoms. The van der Waals surface area contributed by atoms with E-state index in [9.17, 15) is 18.0 Å². The first-order valence-corrected chi connectivity index (χ1v) is 10.7. The third kappa shape index (κ3) is 5.21. The van der Waals surface area contributed by atoms with Gasteiger partial charge in [-0.25, -0.2) is 9.97 Å². The van der Waals surface area contributed by atoms with Gasteiger partial charge < -0.3 is 25.3 Å². The quantitative estimate of drug-likeness (QED) is 0.472. The number of amides is 1. The van der Waals surface area contributed by atoms with Crippen LogP contribution >= 0.6 is 0 Å². The van der Waals surface area contributed by atoms with Crippen molar-refractivity contribution in [2.75, 3.05) is 30.8 Å². The molecule has 0 radical (unpaired) electrons. The Bertz CT molecular complexity index is 1170. The Hall–Kier alpha value is -3.83. The van der Waals surface area contributed by atoms with Gasteiger partial charge in [0.15, 0.2) is 0 Å². The van der Waals surface area contributed by atoms with E-state index >= 15 is 0 Å². The Morgan fingerprint density at radius 1 is 1.24 bits per heavy atom. The van der Waals surface area contributed by atoms with Gasteiger partial charge in [0.1, 0.15) is 23.0 Å². The molecule has 4 rings (SSSR count). The van der Waals surface area contributed by atoms with Crippen molar-refractivity contribution >= 4 is 23.4 Å². The van der Waals surface area contributed by atoms with Crippen LogP contribution in [0.25, 0.3) is 0 Å². The van der Waals surface area contributed by atoms with Crippen molar-refractivity contribution in [3.63, 3.8) is 0 Å². The number of hydrogen-bond acceptors (Lipinski definition) is 7. The van der Waals surface area contributed by atoms with E-state index in [-0.39, 0.29) is 24.2 Å². The number of aromatic amines is 1. The fraction of sp³-hybridized carbons (Fsp3) is 0.364. The van der Waals surface area contributed by atoms with Crippen molar-refractivity contribution in [1.29, 1.82) is 0 Å². The van der Waals surface area contributed by atoms with Crippen LogP contribution in [0.1, 0.15) is 40.3 Å². The molecule has 3 aromatic rings. The number of carbonyl (C=O) groups is 1. The fourth-order valence-corrected chi connectivity index (χ4v) is 3.66. The molecule has 1 saturated heterocycles. The SMILES string of the molecule is COc1cc(C(=O)N2CCCC2)ccc1Nc1ncc(C(F)(F)F)c(NCc2nc(C)c[nH]2)n1. The zero-order valence-corrected chi connectivity index (χ0v) is 18.7. The monoisotopic (exact) mass is 475 g/mol. The summed E-state index contributed by atoms with van der Waals surface area (Å²) in [5.74, 6) is 0.266. The average molecular weight is 475 g/mol. The summed E-state index contributed by atoms with van der Waals surface area (Å²) in [7, 11) is 1.44. The summed E-state index contributed by atoms with van der Waals surface area (Å²) < 4.78 is 45.8. The molecule has 180 valence electrons. The number of carbonyl (C=O) groups excluding carboxylic acids is 1. The highest BCUT2D eigenvalue weighted by Gasteiger charge is 2.35. The lowest BCUT2D eigenvalue weighted by atomic mass is 10.1. The first-order valence-electron chi connectivity index (χ1n) is 10.7. The van der Waals surface area contributed by atoms with Gasteiger partial charge in [-0.3, -0.25) is 4.79 Å². The molecular formula is C22H24F3N7O2. The maximum atomic E-state index is 13.5. The number of ether oxygens (including phenoxy) is 1. The zero-order chi connectivity index (χ0) is 24.3. The van der Waals surface area contributed by atoms with Crippen molar-refractivity contribution in [3.8, 4) is 5.75 Å². The number of nitrogens with zero attached hydrogens (tertiary/aromatic N) is 4. The molecule has 0 unspecified atom stereocenters. The third-order valence-electron chi connectivity index (χ3n) is 5.36. The maximum Gasteiger partial charge on any atom is 0.421 e. The summed E-state index contributed by atoms with van der Waals surface area (Å²) in [6, 6.07) is 4.83. The van der Waals surface area contributed by atoms with Crippen LogP contribution in [0.15, 0.2) is 30.6 Å². The minimum atomic E-state index is -4.64. The Labute approximate surface area is 193 Å². The number of hydrogen-bond donors (Lipinski definition) is 3. The zero-order valence-electron chi connectivity index (χ0n) is 18.7. The molecule has 9 nitrogen and oxygen atoms in total. The van der Waals surface area contributed by atoms with Crippen molar-refractivity contribution in [2.45, 2.75) is 32.5 Å². The lowest BCUT2D eigenvalue weighted by Gasteiger charge is -2.17. The molecule has 1 aliphatic heterocycles. The predicted octanol–water partition coefficient (Wildman–Crippen LogP) is 4.13. The number of H-pyrrole nitrogens is 1. The molecule has 0 atom stereocenters. The number of rotatable bonds is 7. The number of aromatic nitrogens is 4. The second-order valence-corrected chi connectivity index (χ2v) is 7.84. The standard InChI is InChI=1S/C22H24F3N7O2/c1-13-10-26-18(29-13)12-27-19-15(22(23,24)25)11-28-21(31-19)30-16-6-5-14(9-17(16)34-2)20(33)32-7-3-4-8-32/h5-6,9-11H,3-4,7-8,12H2,1-2H3,(H,26,29)(H2,27,28,30,31). The number of imidazole rings is 1. The predicted molar refractivity (Wildman–Crippen MR) is 119 cm³/mol. The summed E-state index contributed by atoms with van der Waals surface area (Å²) >= 11 is 0. The smallest absolute Gasteiger partial charge is 0.421 e. The van der Waals surface area contributed by atoms with Crippen LogP contribution in [-0.2, 0) is 12.7 Å². The largest absolute Gasteiger partial charge is 0.495 e. The highest BCUT2D eigenvalue weighted by Crippen LogP contribution is 2.35. The van der Waals surface area contributed by atoms with Crippen LogP contribution in [0.5, 0.6) is 5.75 Å². The van der Waals surface area contributed by atoms with E-state index in [1.807, 2.05) is 0 Å². The number of likely N-dealkylation sites (tertiary alicyclic amines) is 1. The van der Waals surface area contributed by atoms with Crippen LogP contribution < -0.4 is 15.4 Å². The van der Waals surface area contributed by atoms with Crippen LogP contribution in [0.4, 0.5) is 30.6 Å². The highest BCUT2D eigenvalue weighted by atomic mass is 19.4. The molecule has 0 aliphatic carbocycles. The molecule has 1 amide bonds. The van der Waals surface area contributed by atoms with E-state index in [4.69, 9.17) is 4.74 Å². The number of nitrogens with one attached hydrogen (secondary N) is 3. The minimum Gasteiger partial charge on any atom is -0.495 e. The van der Waals surface area contributed by atoms with Gasteiger partial charge in [-0.1, -0.05) is 0 Å². The van der Waals surface area contributed by atoms with Gasteiger partial charge in [-0.15, -0.1) is 0 Å². The summed E-state index contributed by atoms with van der Waals surface area (Å²) in [6.07, 6.45) is -0.329. The topological polar surface area (TPSA) is 108 Å². The molecule has 1 fully saturated rings. The Morgan fingerprint density at radius 3 is 2.65 bits per heavy atom. The van der Waals surface area contributed by atoms with Gasteiger partial charge in [0, 0.05) is 31.0 Å². The number of aryl methyl sites for hydroxylation is 1. The van der Waals surface area contributed by atoms with Gasteiger partial charge in [-0.05, 0) is 38.0 Å². The lowest BCUT2D eigenvalue weighted by molar-refractivity contribution is -0.137. The summed E-state index contributed by atoms with van der Waals surface area (Å²) in [5, 5.41) is 5.55. The van der Waals surface area contributed by atoms with E-state index in [2.05, 4.69) is 30.6 Å². The average Bonchev–Trinajstić information content (AvgIpc) is 3.49. The van der Waals surface area contributed by atoms with Crippen molar-refractivity contribution in [3.05, 3.63) is 53.2 Å². The summed E-state index contributed by atoms with van der Waals surface area (Å²) in [5.41, 5.74) is 0.595. The first-order chi connectivity index (χ1) is 16.2. The molecule has 0 spiro atoms. The number of anilines is 3. The fourth-order valence-electron chi connectivity index (χ4n) is 3.66. The molecular weight excluding hydrogens is 451 g/mol. The second-order valence-electron chi connectivity index (χ2n) is 7.84. The molecule has 0 saturated carbocycles. The van der Waals surface area contributed by atoms with Gasteiger partial charge in [0.25, 0.3) is 5.91 Å². The van der Waals surface area contributed by atoms with Crippen LogP contribution in [0.3, 0.4) is 0 Å². The highest BCUT2D eigenvalue weighted by molar-refractivity contribution is 5.95. The van der Waals surface area contributed by atoms with Crippen LogP contribution in [0.2, 0.25) is 0 Å². The molecule has 12 heteroatoms. The Balaban J connectivity index is 1.57. The lowest BCUT2D eigenvalue weighted by Crippen LogP contribution is -2.27. The molecule has 1 aromatic carbocycles. The normalized spacial score (nSPS) is 13.7. The van der Waals surface area contributed by atoms with E-state index in [1.165, 1.54) is 7.11 Å². The molecule has 3 N–H and O–H groups in total. The molecule has 0 bridgehead atoms. The van der Waals surface area contributed by atoms with Crippen LogP contribution in [-0.4, -0.2) is 50.9 Å². The van der Waals surface area contributed by atoms with Crippen molar-refractivity contribution in [2.24, 2.45) is 0 Å². The van der Waals surface area contributed by atoms with Gasteiger partial charge in [0.05, 0.1) is 25.0 Å². The van der Waals surface area contributed by atoms with E-state index in [0.717, 1.165) is 18.5 Å². The Morgan fingerprint density at radius 2 is 2.00 bits per heavy atom. The third-order valence-corrected chi connectivity index (χ3v) is 5.36. The number of alkyl halides is 3. The Kier molecular flexibility index (Phi) is 6.57. The van der Waals surface area contributed by atoms with E-state index < -0.39 is 11.7 Å². The maximum absolute atomic E-state index is 13.5. The van der Waals surface area contributed by atoms with Gasteiger partial charge in [-0.2, -0.15) is 18.2 Å². The second kappa shape index (κ2) is 9.57. The van der Waals surface area contributed by atoms with E-state index in [1.54, 1.807) is 36.2 Å². The van der Waals surface area contributed by atoms with Crippen molar-refractivity contribution < 1.29 is 22.7 Å². The van der Waals surface area contributed by atoms with E-state index in [0.29, 0.717) is 42.1 Å². The number of halogens is 3. The first kappa shape index (κ1) is 23.3. The minimum absolute atomic E-state index is 0.0179. The molecule has 3 heterocycles. The van der Waals surface area contributed by atoms with Crippen LogP contribution in [0, 0.1) is 6.92 Å². The molecule has 1 aliphatic rings. The van der Waals surface area contributed by atoms with Gasteiger partial charge >= 0.3 is 6.18 Å². The summed E-state index contributed by atoms with van der Waals surface area (Å²) in [4.78, 5) is 29.3. The molecule has 2 aromatic heterocycles. The summed E-state index contributed by atoms with van der Waals surface area (Å²) in [6.45, 7) is 3.22. The number of methoxy groups -OCH3 is 1.